The number of ether oxygens (including phenoxy) is 1. The number of carbonyl (C=O) groups is 1. The molecule has 2 rings (SSSR count). The number of nitrogens with zero attached hydrogens (tertiary/aromatic N) is 1. The van der Waals surface area contributed by atoms with Crippen molar-refractivity contribution in [3.63, 3.8) is 0 Å². The lowest BCUT2D eigenvalue weighted by molar-refractivity contribution is -0.144. The van der Waals surface area contributed by atoms with Gasteiger partial charge in [0.15, 0.2) is 0 Å². The molecule has 1 aromatic rings. The number of rotatable bonds is 5. The summed E-state index contributed by atoms with van der Waals surface area (Å²) in [6.45, 7) is 1.95. The van der Waals surface area contributed by atoms with Crippen molar-refractivity contribution in [2.75, 3.05) is 26.7 Å². The fourth-order valence-corrected chi connectivity index (χ4v) is 2.63. The molecule has 0 saturated carbocycles. The van der Waals surface area contributed by atoms with Gasteiger partial charge >= 0.3 is 5.97 Å². The number of hydrogen-bond donors (Lipinski definition) is 1. The molecule has 4 nitrogen and oxygen atoms in total. The average molecular weight is 284 g/mol. The third-order valence-electron chi connectivity index (χ3n) is 3.54. The fourth-order valence-electron chi connectivity index (χ4n) is 2.45. The molecule has 0 aromatic heterocycles. The molecule has 1 aliphatic rings. The molecule has 0 bridgehead atoms. The van der Waals surface area contributed by atoms with Gasteiger partial charge in [0.2, 0.25) is 0 Å². The molecule has 0 amide bonds. The number of halogens is 1. The van der Waals surface area contributed by atoms with Crippen LogP contribution in [-0.4, -0.2) is 42.7 Å². The van der Waals surface area contributed by atoms with Crippen molar-refractivity contribution in [3.05, 3.63) is 29.3 Å². The van der Waals surface area contributed by atoms with Gasteiger partial charge in [0.05, 0.1) is 5.92 Å². The van der Waals surface area contributed by atoms with Gasteiger partial charge in [-0.15, -0.1) is 0 Å². The van der Waals surface area contributed by atoms with Crippen LogP contribution in [0.15, 0.2) is 24.3 Å². The van der Waals surface area contributed by atoms with Crippen molar-refractivity contribution in [1.29, 1.82) is 0 Å². The van der Waals surface area contributed by atoms with Crippen LogP contribution < -0.4 is 4.74 Å². The number of carboxylic acids is 1. The lowest BCUT2D eigenvalue weighted by Gasteiger charge is -2.20. The summed E-state index contributed by atoms with van der Waals surface area (Å²) in [7, 11) is 2.01. The van der Waals surface area contributed by atoms with Gasteiger partial charge in [-0.2, -0.15) is 0 Å². The minimum atomic E-state index is -0.790. The highest BCUT2D eigenvalue weighted by molar-refractivity contribution is 6.30. The van der Waals surface area contributed by atoms with Crippen molar-refractivity contribution >= 4 is 17.6 Å². The van der Waals surface area contributed by atoms with Crippen molar-refractivity contribution in [2.24, 2.45) is 11.8 Å². The zero-order valence-corrected chi connectivity index (χ0v) is 11.6. The molecule has 0 spiro atoms. The van der Waals surface area contributed by atoms with Crippen LogP contribution in [0.3, 0.4) is 0 Å². The minimum Gasteiger partial charge on any atom is -0.493 e. The minimum absolute atomic E-state index is 0.154. The molecule has 104 valence electrons. The molecule has 1 aromatic carbocycles. The Kier molecular flexibility index (Phi) is 4.66. The van der Waals surface area contributed by atoms with E-state index in [1.54, 1.807) is 24.3 Å². The monoisotopic (exact) mass is 283 g/mol. The summed E-state index contributed by atoms with van der Waals surface area (Å²) in [5.74, 6) is -0.488. The Hall–Kier alpha value is -1.26. The van der Waals surface area contributed by atoms with Gasteiger partial charge in [-0.3, -0.25) is 4.79 Å². The number of carboxylic acid groups (broad SMARTS) is 1. The Morgan fingerprint density at radius 2 is 2.42 bits per heavy atom. The molecule has 1 saturated heterocycles. The van der Waals surface area contributed by atoms with Gasteiger partial charge in [0.25, 0.3) is 0 Å². The van der Waals surface area contributed by atoms with Gasteiger partial charge in [-0.25, -0.2) is 0 Å². The van der Waals surface area contributed by atoms with Crippen LogP contribution in [0.25, 0.3) is 0 Å². The average Bonchev–Trinajstić information content (AvgIpc) is 2.76. The Balaban J connectivity index is 1.96. The molecular formula is C14H18ClNO3. The van der Waals surface area contributed by atoms with Gasteiger partial charge < -0.3 is 14.7 Å². The highest BCUT2D eigenvalue weighted by Crippen LogP contribution is 2.25. The quantitative estimate of drug-likeness (QED) is 0.901. The van der Waals surface area contributed by atoms with Crippen LogP contribution in [0, 0.1) is 11.8 Å². The largest absolute Gasteiger partial charge is 0.493 e. The van der Waals surface area contributed by atoms with E-state index in [4.69, 9.17) is 16.3 Å². The molecule has 1 heterocycles. The first-order chi connectivity index (χ1) is 9.06. The van der Waals surface area contributed by atoms with E-state index in [0.717, 1.165) is 19.5 Å². The molecule has 2 atom stereocenters. The summed E-state index contributed by atoms with van der Waals surface area (Å²) >= 11 is 5.87. The second-order valence-electron chi connectivity index (χ2n) is 5.02. The number of aliphatic carboxylic acids is 1. The standard InChI is InChI=1S/C14H18ClNO3/c1-16-6-5-10(8-16)13(14(17)18)9-19-12-4-2-3-11(15)7-12/h2-4,7,10,13H,5-6,8-9H2,1H3,(H,17,18). The summed E-state index contributed by atoms with van der Waals surface area (Å²) in [4.78, 5) is 13.5. The van der Waals surface area contributed by atoms with E-state index in [2.05, 4.69) is 4.90 Å². The molecule has 19 heavy (non-hydrogen) atoms. The first-order valence-electron chi connectivity index (χ1n) is 6.36. The Bertz CT molecular complexity index is 452. The van der Waals surface area contributed by atoms with Gasteiger partial charge in [0.1, 0.15) is 12.4 Å². The highest BCUT2D eigenvalue weighted by atomic mass is 35.5. The topological polar surface area (TPSA) is 49.8 Å². The van der Waals surface area contributed by atoms with Gasteiger partial charge in [-0.1, -0.05) is 17.7 Å². The molecule has 1 N–H and O–H groups in total. The molecule has 0 aliphatic carbocycles. The lowest BCUT2D eigenvalue weighted by Crippen LogP contribution is -2.31. The zero-order valence-electron chi connectivity index (χ0n) is 10.9. The molecule has 2 unspecified atom stereocenters. The van der Waals surface area contributed by atoms with Gasteiger partial charge in [-0.05, 0) is 44.1 Å². The van der Waals surface area contributed by atoms with Crippen molar-refractivity contribution in [1.82, 2.24) is 4.90 Å². The Labute approximate surface area is 117 Å². The lowest BCUT2D eigenvalue weighted by atomic mass is 9.92. The van der Waals surface area contributed by atoms with E-state index < -0.39 is 11.9 Å². The summed E-state index contributed by atoms with van der Waals surface area (Å²) in [6, 6.07) is 7.03. The van der Waals surface area contributed by atoms with Crippen LogP contribution in [0.1, 0.15) is 6.42 Å². The van der Waals surface area contributed by atoms with E-state index in [1.165, 1.54) is 0 Å². The first-order valence-corrected chi connectivity index (χ1v) is 6.74. The third kappa shape index (κ3) is 3.85. The van der Waals surface area contributed by atoms with Crippen molar-refractivity contribution < 1.29 is 14.6 Å². The number of likely N-dealkylation sites (tertiary alicyclic amines) is 1. The van der Waals surface area contributed by atoms with Crippen LogP contribution in [0.2, 0.25) is 5.02 Å². The summed E-state index contributed by atoms with van der Waals surface area (Å²) in [5.41, 5.74) is 0. The molecule has 1 aliphatic heterocycles. The fraction of sp³-hybridized carbons (Fsp3) is 0.500. The maximum atomic E-state index is 11.4. The Morgan fingerprint density at radius 3 is 3.00 bits per heavy atom. The molecule has 1 fully saturated rings. The molecule has 5 heteroatoms. The maximum absolute atomic E-state index is 11.4. The van der Waals surface area contributed by atoms with Crippen LogP contribution in [0.5, 0.6) is 5.75 Å². The Morgan fingerprint density at radius 1 is 1.63 bits per heavy atom. The predicted molar refractivity (Wildman–Crippen MR) is 73.7 cm³/mol. The van der Waals surface area contributed by atoms with Crippen LogP contribution in [0.4, 0.5) is 0 Å². The van der Waals surface area contributed by atoms with Crippen LogP contribution >= 0.6 is 11.6 Å². The maximum Gasteiger partial charge on any atom is 0.310 e. The summed E-state index contributed by atoms with van der Waals surface area (Å²) in [6.07, 6.45) is 0.909. The van der Waals surface area contributed by atoms with Crippen LogP contribution in [-0.2, 0) is 4.79 Å². The highest BCUT2D eigenvalue weighted by Gasteiger charge is 2.33. The zero-order chi connectivity index (χ0) is 13.8. The van der Waals surface area contributed by atoms with E-state index >= 15 is 0 Å². The number of benzene rings is 1. The normalized spacial score (nSPS) is 21.3. The number of hydrogen-bond acceptors (Lipinski definition) is 3. The van der Waals surface area contributed by atoms with E-state index in [9.17, 15) is 9.90 Å². The van der Waals surface area contributed by atoms with E-state index in [0.29, 0.717) is 10.8 Å². The van der Waals surface area contributed by atoms with E-state index in [-0.39, 0.29) is 12.5 Å². The second kappa shape index (κ2) is 6.26. The predicted octanol–water partition coefficient (Wildman–Crippen LogP) is 2.37. The van der Waals surface area contributed by atoms with Crippen molar-refractivity contribution in [2.45, 2.75) is 6.42 Å². The third-order valence-corrected chi connectivity index (χ3v) is 3.77. The van der Waals surface area contributed by atoms with Gasteiger partial charge in [0, 0.05) is 11.6 Å². The molecular weight excluding hydrogens is 266 g/mol. The first kappa shape index (κ1) is 14.2. The summed E-state index contributed by atoms with van der Waals surface area (Å²) < 4.78 is 5.57. The SMILES string of the molecule is CN1CCC(C(COc2cccc(Cl)c2)C(=O)O)C1. The van der Waals surface area contributed by atoms with Crippen molar-refractivity contribution in [3.8, 4) is 5.75 Å². The second-order valence-corrected chi connectivity index (χ2v) is 5.46. The molecule has 0 radical (unpaired) electrons. The summed E-state index contributed by atoms with van der Waals surface area (Å²) in [5, 5.41) is 9.92. The van der Waals surface area contributed by atoms with E-state index in [1.807, 2.05) is 7.05 Å². The smallest absolute Gasteiger partial charge is 0.310 e.